The molecule has 0 saturated carbocycles. The van der Waals surface area contributed by atoms with E-state index in [1.807, 2.05) is 66.7 Å². The van der Waals surface area contributed by atoms with E-state index in [-0.39, 0.29) is 23.3 Å². The van der Waals surface area contributed by atoms with Gasteiger partial charge in [0.05, 0.1) is 16.3 Å². The average molecular weight is 509 g/mol. The molecule has 1 fully saturated rings. The summed E-state index contributed by atoms with van der Waals surface area (Å²) in [4.78, 5) is 43.2. The number of carbonyl (C=O) groups is 2. The van der Waals surface area contributed by atoms with Gasteiger partial charge in [-0.2, -0.15) is 0 Å². The number of nitrogens with one attached hydrogen (secondary N) is 1. The van der Waals surface area contributed by atoms with E-state index in [1.165, 1.54) is 20.7 Å². The molecule has 8 nitrogen and oxygen atoms in total. The molecule has 1 aromatic heterocycles. The minimum Gasteiger partial charge on any atom is -0.445 e. The maximum atomic E-state index is 13.9. The first-order chi connectivity index (χ1) is 18.5. The number of anilines is 1. The van der Waals surface area contributed by atoms with Gasteiger partial charge in [-0.1, -0.05) is 73.3 Å². The first-order valence-corrected chi connectivity index (χ1v) is 12.5. The van der Waals surface area contributed by atoms with Gasteiger partial charge in [-0.05, 0) is 42.7 Å². The maximum absolute atomic E-state index is 13.9. The van der Waals surface area contributed by atoms with Crippen LogP contribution in [-0.2, 0) is 16.1 Å². The van der Waals surface area contributed by atoms with Gasteiger partial charge in [0.2, 0.25) is 0 Å². The number of benzene rings is 3. The van der Waals surface area contributed by atoms with Crippen LogP contribution in [0.15, 0.2) is 95.8 Å². The van der Waals surface area contributed by atoms with Crippen molar-refractivity contribution in [3.05, 3.63) is 117 Å². The molecule has 38 heavy (non-hydrogen) atoms. The fourth-order valence-corrected chi connectivity index (χ4v) is 4.58. The van der Waals surface area contributed by atoms with Crippen LogP contribution in [0.3, 0.4) is 0 Å². The topological polar surface area (TPSA) is 87.6 Å². The summed E-state index contributed by atoms with van der Waals surface area (Å²) in [7, 11) is 0. The summed E-state index contributed by atoms with van der Waals surface area (Å²) in [6.45, 7) is 4.54. The summed E-state index contributed by atoms with van der Waals surface area (Å²) in [5.74, 6) is -0.323. The Balaban J connectivity index is 1.47. The van der Waals surface area contributed by atoms with Crippen molar-refractivity contribution in [2.75, 3.05) is 11.4 Å². The third-order valence-electron chi connectivity index (χ3n) is 6.53. The van der Waals surface area contributed by atoms with Crippen molar-refractivity contribution in [1.29, 1.82) is 0 Å². The number of aromatic nitrogens is 2. The molecular formula is C30H28N4O4. The first kappa shape index (κ1) is 24.8. The largest absolute Gasteiger partial charge is 0.445 e. The lowest BCUT2D eigenvalue weighted by molar-refractivity contribution is -0.121. The fraction of sp³-hybridized carbons (Fsp3) is 0.167. The number of nitrogens with zero attached hydrogens (tertiary/aromatic N) is 3. The van der Waals surface area contributed by atoms with E-state index in [4.69, 9.17) is 4.74 Å². The lowest BCUT2D eigenvalue weighted by Gasteiger charge is -2.28. The van der Waals surface area contributed by atoms with Crippen molar-refractivity contribution in [3.8, 4) is 5.69 Å². The lowest BCUT2D eigenvalue weighted by Crippen LogP contribution is -2.48. The Morgan fingerprint density at radius 3 is 2.29 bits per heavy atom. The number of amides is 2. The minimum atomic E-state index is -0.724. The van der Waals surface area contributed by atoms with E-state index in [1.54, 1.807) is 24.3 Å². The molecule has 0 aliphatic carbocycles. The van der Waals surface area contributed by atoms with Gasteiger partial charge >= 0.3 is 6.09 Å². The lowest BCUT2D eigenvalue weighted by atomic mass is 10.1. The quantitative estimate of drug-likeness (QED) is 0.434. The van der Waals surface area contributed by atoms with Crippen LogP contribution in [0.4, 0.5) is 10.5 Å². The number of hydrogen-bond acceptors (Lipinski definition) is 4. The number of carbonyl (C=O) groups excluding carboxylic acids is 2. The average Bonchev–Trinajstić information content (AvgIpc) is 3.56. The van der Waals surface area contributed by atoms with Crippen LogP contribution in [0.1, 0.15) is 18.4 Å². The highest BCUT2D eigenvalue weighted by molar-refractivity contribution is 6.03. The first-order valence-electron chi connectivity index (χ1n) is 12.5. The minimum absolute atomic E-state index is 0.124. The maximum Gasteiger partial charge on any atom is 0.410 e. The third kappa shape index (κ3) is 5.15. The van der Waals surface area contributed by atoms with Crippen LogP contribution >= 0.6 is 0 Å². The SMILES string of the molecule is C=c1[nH]n(-c2ccccc2)c(=O)c1=CN(C(=O)C1CCCN1C(=O)OCc1ccccc1)c1ccccc1. The highest BCUT2D eigenvalue weighted by Crippen LogP contribution is 2.24. The summed E-state index contributed by atoms with van der Waals surface area (Å²) < 4.78 is 6.92. The number of rotatable bonds is 6. The van der Waals surface area contributed by atoms with E-state index < -0.39 is 12.1 Å². The van der Waals surface area contributed by atoms with Crippen molar-refractivity contribution in [1.82, 2.24) is 14.7 Å². The second kappa shape index (κ2) is 11.0. The Labute approximate surface area is 219 Å². The van der Waals surface area contributed by atoms with Crippen LogP contribution in [0, 0.1) is 0 Å². The van der Waals surface area contributed by atoms with Crippen LogP contribution in [0.25, 0.3) is 18.5 Å². The van der Waals surface area contributed by atoms with Gasteiger partial charge in [-0.3, -0.25) is 24.5 Å². The van der Waals surface area contributed by atoms with Crippen molar-refractivity contribution < 1.29 is 14.3 Å². The van der Waals surface area contributed by atoms with Crippen LogP contribution < -0.4 is 21.0 Å². The Bertz CT molecular complexity index is 1580. The summed E-state index contributed by atoms with van der Waals surface area (Å²) in [5, 5.41) is 3.62. The van der Waals surface area contributed by atoms with Gasteiger partial charge in [-0.25, -0.2) is 9.48 Å². The van der Waals surface area contributed by atoms with E-state index >= 15 is 0 Å². The monoisotopic (exact) mass is 508 g/mol. The number of H-pyrrole nitrogens is 1. The summed E-state index contributed by atoms with van der Waals surface area (Å²) in [5.41, 5.74) is 1.77. The normalized spacial score (nSPS) is 15.4. The molecule has 3 aromatic carbocycles. The van der Waals surface area contributed by atoms with Gasteiger partial charge in [0.1, 0.15) is 12.6 Å². The van der Waals surface area contributed by atoms with Crippen molar-refractivity contribution in [2.24, 2.45) is 0 Å². The Morgan fingerprint density at radius 2 is 1.61 bits per heavy atom. The standard InChI is InChI=1S/C30H28N4O4/c1-22-26(28(35)34(31-22)25-16-9-4-10-17-25)20-33(24-14-7-3-8-15-24)29(36)27-18-11-19-32(27)30(37)38-21-23-12-5-2-6-13-23/h2-10,12-17,20,27,31H,1,11,18-19,21H2. The smallest absolute Gasteiger partial charge is 0.410 e. The predicted octanol–water partition coefficient (Wildman–Crippen LogP) is 3.15. The van der Waals surface area contributed by atoms with Crippen LogP contribution in [-0.4, -0.2) is 39.3 Å². The summed E-state index contributed by atoms with van der Waals surface area (Å²) in [6.07, 6.45) is 2.13. The van der Waals surface area contributed by atoms with Gasteiger partial charge in [-0.15, -0.1) is 0 Å². The molecule has 1 saturated heterocycles. The third-order valence-corrected chi connectivity index (χ3v) is 6.53. The van der Waals surface area contributed by atoms with Crippen LogP contribution in [0.2, 0.25) is 0 Å². The van der Waals surface area contributed by atoms with Crippen LogP contribution in [0.5, 0.6) is 0 Å². The van der Waals surface area contributed by atoms with Crippen molar-refractivity contribution >= 4 is 30.5 Å². The van der Waals surface area contributed by atoms with Gasteiger partial charge < -0.3 is 4.74 Å². The Kier molecular flexibility index (Phi) is 7.21. The Morgan fingerprint density at radius 1 is 0.974 bits per heavy atom. The highest BCUT2D eigenvalue weighted by atomic mass is 16.6. The second-order valence-corrected chi connectivity index (χ2v) is 9.04. The molecule has 1 atom stereocenters. The number of aromatic amines is 1. The molecule has 192 valence electrons. The number of hydrogen-bond donors (Lipinski definition) is 1. The second-order valence-electron chi connectivity index (χ2n) is 9.04. The van der Waals surface area contributed by atoms with Gasteiger partial charge in [0, 0.05) is 18.4 Å². The predicted molar refractivity (Wildman–Crippen MR) is 146 cm³/mol. The van der Waals surface area contributed by atoms with Gasteiger partial charge in [0.15, 0.2) is 0 Å². The zero-order valence-corrected chi connectivity index (χ0v) is 20.8. The molecule has 0 bridgehead atoms. The summed E-state index contributed by atoms with van der Waals surface area (Å²) >= 11 is 0. The number of para-hydroxylation sites is 2. The number of ether oxygens (including phenoxy) is 1. The molecule has 1 N–H and O–H groups in total. The molecule has 8 heteroatoms. The molecule has 4 aromatic rings. The zero-order chi connectivity index (χ0) is 26.5. The molecule has 0 radical (unpaired) electrons. The molecular weight excluding hydrogens is 480 g/mol. The van der Waals surface area contributed by atoms with E-state index in [9.17, 15) is 14.4 Å². The zero-order valence-electron chi connectivity index (χ0n) is 20.8. The fourth-order valence-electron chi connectivity index (χ4n) is 4.58. The van der Waals surface area contributed by atoms with E-state index in [0.717, 1.165) is 5.56 Å². The molecule has 1 unspecified atom stereocenters. The molecule has 1 aliphatic rings. The molecule has 0 spiro atoms. The van der Waals surface area contributed by atoms with E-state index in [2.05, 4.69) is 11.7 Å². The molecule has 2 amide bonds. The molecule has 5 rings (SSSR count). The Hall–Kier alpha value is -4.85. The van der Waals surface area contributed by atoms with Crippen molar-refractivity contribution in [2.45, 2.75) is 25.5 Å². The van der Waals surface area contributed by atoms with Gasteiger partial charge in [0.25, 0.3) is 11.5 Å². The molecule has 1 aliphatic heterocycles. The number of likely N-dealkylation sites (tertiary alicyclic amines) is 1. The highest BCUT2D eigenvalue weighted by Gasteiger charge is 2.37. The molecule has 2 heterocycles. The van der Waals surface area contributed by atoms with E-state index in [0.29, 0.717) is 36.1 Å². The van der Waals surface area contributed by atoms with Crippen molar-refractivity contribution in [3.63, 3.8) is 0 Å². The summed E-state index contributed by atoms with van der Waals surface area (Å²) in [6, 6.07) is 26.9.